The lowest BCUT2D eigenvalue weighted by Gasteiger charge is -2.43. The van der Waals surface area contributed by atoms with E-state index in [0.29, 0.717) is 48.0 Å². The minimum atomic E-state index is -1.19. The normalized spacial score (nSPS) is 20.5. The number of carbonyl (C=O) groups excluding carboxylic acids is 2. The fraction of sp³-hybridized carbons (Fsp3) is 0.486. The lowest BCUT2D eigenvalue weighted by molar-refractivity contribution is -0.188. The van der Waals surface area contributed by atoms with Crippen LogP contribution in [0.2, 0.25) is 0 Å². The van der Waals surface area contributed by atoms with Crippen molar-refractivity contribution in [3.8, 4) is 5.75 Å². The second kappa shape index (κ2) is 14.4. The smallest absolute Gasteiger partial charge is 0.340 e. The number of hydrogen-bond acceptors (Lipinski definition) is 10. The van der Waals surface area contributed by atoms with Crippen molar-refractivity contribution >= 4 is 22.9 Å². The monoisotopic (exact) mass is 648 g/mol. The molecule has 3 aliphatic heterocycles. The summed E-state index contributed by atoms with van der Waals surface area (Å²) >= 11 is 0. The number of rotatable bonds is 6. The van der Waals surface area contributed by atoms with Crippen molar-refractivity contribution in [3.05, 3.63) is 85.8 Å². The van der Waals surface area contributed by atoms with E-state index in [0.717, 1.165) is 16.7 Å². The highest BCUT2D eigenvalue weighted by Crippen LogP contribution is 2.48. The minimum Gasteiger partial charge on any atom is -0.483 e. The van der Waals surface area contributed by atoms with E-state index in [9.17, 15) is 24.6 Å². The summed E-state index contributed by atoms with van der Waals surface area (Å²) in [4.78, 5) is 41.0. The summed E-state index contributed by atoms with van der Waals surface area (Å²) in [5, 5.41) is 20.7. The first kappa shape index (κ1) is 34.3. The van der Waals surface area contributed by atoms with Crippen LogP contribution < -0.4 is 10.4 Å². The first-order chi connectivity index (χ1) is 22.5. The van der Waals surface area contributed by atoms with Crippen LogP contribution in [0.3, 0.4) is 0 Å². The highest BCUT2D eigenvalue weighted by molar-refractivity contribution is 5.90. The molecule has 10 heteroatoms. The Balaban J connectivity index is 1.68. The number of carbonyl (C=O) groups is 2. The van der Waals surface area contributed by atoms with Crippen LogP contribution in [0.1, 0.15) is 93.2 Å². The fourth-order valence-electron chi connectivity index (χ4n) is 6.66. The van der Waals surface area contributed by atoms with E-state index in [4.69, 9.17) is 23.4 Å². The third-order valence-electron chi connectivity index (χ3n) is 9.13. The van der Waals surface area contributed by atoms with Crippen molar-refractivity contribution in [3.63, 3.8) is 0 Å². The quantitative estimate of drug-likeness (QED) is 0.204. The number of methoxy groups -OCH3 is 1. The molecule has 252 valence electrons. The van der Waals surface area contributed by atoms with E-state index < -0.39 is 47.9 Å². The third-order valence-corrected chi connectivity index (χ3v) is 9.13. The number of allylic oxidation sites excluding steroid dienone is 1. The highest BCUT2D eigenvalue weighted by Gasteiger charge is 2.50. The van der Waals surface area contributed by atoms with Gasteiger partial charge in [-0.05, 0) is 88.6 Å². The number of ether oxygens (including phenoxy) is 4. The Morgan fingerprint density at radius 3 is 2.30 bits per heavy atom. The zero-order valence-corrected chi connectivity index (χ0v) is 27.7. The molecule has 6 rings (SSSR count). The van der Waals surface area contributed by atoms with Crippen molar-refractivity contribution in [2.45, 2.75) is 96.6 Å². The second-order valence-corrected chi connectivity index (χ2v) is 13.0. The molecule has 2 N–H and O–H groups in total. The number of benzene rings is 2. The van der Waals surface area contributed by atoms with Gasteiger partial charge in [-0.1, -0.05) is 29.8 Å². The molecule has 0 aliphatic carbocycles. The van der Waals surface area contributed by atoms with Gasteiger partial charge in [0.2, 0.25) is 0 Å². The molecule has 4 heterocycles. The van der Waals surface area contributed by atoms with Gasteiger partial charge in [-0.25, -0.2) is 9.59 Å². The standard InChI is InChI=1S/C37H44O10/c1-21(2)25-14-13-23-11-9-22(10-12-23)7-6-8-29(40)44-33-31-28(47-37(3,4)34(33)46-35(25)41)16-15-26-27(19-39)30(36(42)45-32(26)31)24(17-18-38)20-43-5/h9-12,15-16,24,33-34,38-39H,6-8,13-14,17-20H2,1-5H3/t24-,33+,34+/m1/s1. The molecule has 10 nitrogen and oxygen atoms in total. The van der Waals surface area contributed by atoms with E-state index >= 15 is 0 Å². The van der Waals surface area contributed by atoms with Gasteiger partial charge in [0.05, 0.1) is 18.8 Å². The molecule has 0 saturated heterocycles. The maximum atomic E-state index is 13.9. The summed E-state index contributed by atoms with van der Waals surface area (Å²) in [5.41, 5.74) is 2.44. The van der Waals surface area contributed by atoms with E-state index in [-0.39, 0.29) is 42.8 Å². The summed E-state index contributed by atoms with van der Waals surface area (Å²) in [7, 11) is 1.49. The van der Waals surface area contributed by atoms with Crippen LogP contribution in [0.4, 0.5) is 0 Å². The fourth-order valence-corrected chi connectivity index (χ4v) is 6.66. The SMILES string of the molecule is COC[C@@H](CCO)c1c(CO)c2ccc3c(c2oc1=O)[C@@H]1OC(=O)CCCc2ccc(cc2)CCC(=C(C)C)C(=O)O[C@@H]1C(C)(C)O3. The van der Waals surface area contributed by atoms with Crippen LogP contribution in [0.15, 0.2) is 56.8 Å². The Bertz CT molecular complexity index is 1710. The van der Waals surface area contributed by atoms with E-state index in [1.807, 2.05) is 38.1 Å². The average molecular weight is 649 g/mol. The van der Waals surface area contributed by atoms with Crippen molar-refractivity contribution in [2.24, 2.45) is 0 Å². The Morgan fingerprint density at radius 2 is 1.66 bits per heavy atom. The summed E-state index contributed by atoms with van der Waals surface area (Å²) < 4.78 is 30.1. The molecule has 0 saturated carbocycles. The number of hydrogen-bond donors (Lipinski definition) is 2. The molecular weight excluding hydrogens is 604 g/mol. The van der Waals surface area contributed by atoms with Gasteiger partial charge in [0, 0.05) is 42.6 Å². The molecule has 2 aromatic carbocycles. The number of aliphatic hydroxyl groups excluding tert-OH is 2. The molecule has 3 aromatic rings. The van der Waals surface area contributed by atoms with Crippen LogP contribution in [-0.2, 0) is 43.2 Å². The molecule has 47 heavy (non-hydrogen) atoms. The molecule has 3 aliphatic rings. The first-order valence-corrected chi connectivity index (χ1v) is 16.2. The Morgan fingerprint density at radius 1 is 0.957 bits per heavy atom. The van der Waals surface area contributed by atoms with Gasteiger partial charge in [-0.2, -0.15) is 0 Å². The number of aliphatic hydroxyl groups is 2. The highest BCUT2D eigenvalue weighted by atomic mass is 16.6. The summed E-state index contributed by atoms with van der Waals surface area (Å²) in [5.74, 6) is -1.29. The predicted molar refractivity (Wildman–Crippen MR) is 174 cm³/mol. The van der Waals surface area contributed by atoms with Crippen molar-refractivity contribution in [1.29, 1.82) is 0 Å². The molecule has 1 aromatic heterocycles. The van der Waals surface area contributed by atoms with E-state index in [1.165, 1.54) is 7.11 Å². The molecular formula is C37H44O10. The minimum absolute atomic E-state index is 0.0613. The van der Waals surface area contributed by atoms with Gasteiger partial charge in [-0.15, -0.1) is 0 Å². The van der Waals surface area contributed by atoms with Gasteiger partial charge < -0.3 is 33.6 Å². The largest absolute Gasteiger partial charge is 0.483 e. The topological polar surface area (TPSA) is 142 Å². The second-order valence-electron chi connectivity index (χ2n) is 13.0. The van der Waals surface area contributed by atoms with Gasteiger partial charge >= 0.3 is 17.6 Å². The zero-order chi connectivity index (χ0) is 33.9. The van der Waals surface area contributed by atoms with Crippen molar-refractivity contribution in [1.82, 2.24) is 0 Å². The molecule has 0 fully saturated rings. The average Bonchev–Trinajstić information content (AvgIpc) is 3.01. The summed E-state index contributed by atoms with van der Waals surface area (Å²) in [6.45, 7) is 6.65. The summed E-state index contributed by atoms with van der Waals surface area (Å²) in [6.07, 6.45) is 0.334. The van der Waals surface area contributed by atoms with Gasteiger partial charge in [0.25, 0.3) is 0 Å². The molecule has 0 radical (unpaired) electrons. The third kappa shape index (κ3) is 7.15. The first-order valence-electron chi connectivity index (χ1n) is 16.2. The Hall–Kier alpha value is -3.99. The molecule has 0 spiro atoms. The van der Waals surface area contributed by atoms with Crippen LogP contribution in [0, 0.1) is 0 Å². The van der Waals surface area contributed by atoms with E-state index in [1.54, 1.807) is 26.0 Å². The van der Waals surface area contributed by atoms with Crippen LogP contribution in [-0.4, -0.2) is 54.2 Å². The predicted octanol–water partition coefficient (Wildman–Crippen LogP) is 5.37. The van der Waals surface area contributed by atoms with Gasteiger partial charge in [-0.3, -0.25) is 4.79 Å². The van der Waals surface area contributed by atoms with Crippen molar-refractivity contribution in [2.75, 3.05) is 20.3 Å². The van der Waals surface area contributed by atoms with Gasteiger partial charge in [0.1, 0.15) is 16.9 Å². The van der Waals surface area contributed by atoms with Crippen LogP contribution >= 0.6 is 0 Å². The van der Waals surface area contributed by atoms with Crippen LogP contribution in [0.5, 0.6) is 5.75 Å². The van der Waals surface area contributed by atoms with Gasteiger partial charge in [0.15, 0.2) is 12.2 Å². The maximum Gasteiger partial charge on any atom is 0.340 e. The van der Waals surface area contributed by atoms with Crippen LogP contribution in [0.25, 0.3) is 11.0 Å². The molecule has 0 unspecified atom stereocenters. The number of fused-ring (bicyclic) bond motifs is 13. The molecule has 2 bridgehead atoms. The van der Waals surface area contributed by atoms with E-state index in [2.05, 4.69) is 0 Å². The lowest BCUT2D eigenvalue weighted by Crippen LogP contribution is -2.52. The summed E-state index contributed by atoms with van der Waals surface area (Å²) in [6, 6.07) is 11.5. The Labute approximate surface area is 274 Å². The lowest BCUT2D eigenvalue weighted by atomic mass is 9.85. The zero-order valence-electron chi connectivity index (χ0n) is 27.7. The number of aryl methyl sites for hydroxylation is 2. The molecule has 3 atom stereocenters. The van der Waals surface area contributed by atoms with Crippen molar-refractivity contribution < 1.29 is 43.2 Å². The maximum absolute atomic E-state index is 13.9. The molecule has 0 amide bonds. The Kier molecular flexibility index (Phi) is 10.5. The number of esters is 2.